The zero-order chi connectivity index (χ0) is 15.4. The van der Waals surface area contributed by atoms with Crippen LogP contribution in [0.2, 0.25) is 0 Å². The van der Waals surface area contributed by atoms with Crippen LogP contribution < -0.4 is 9.47 Å². The molecule has 0 aromatic heterocycles. The molecule has 2 rings (SSSR count). The van der Waals surface area contributed by atoms with Crippen LogP contribution in [0.5, 0.6) is 11.5 Å². The Hall–Kier alpha value is -1.88. The van der Waals surface area contributed by atoms with Gasteiger partial charge in [0.2, 0.25) is 0 Å². The Bertz CT molecular complexity index is 671. The van der Waals surface area contributed by atoms with Crippen LogP contribution in [0.3, 0.4) is 0 Å². The van der Waals surface area contributed by atoms with Crippen molar-refractivity contribution in [1.82, 2.24) is 0 Å². The maximum atomic E-state index is 13.8. The smallest absolute Gasteiger partial charge is 0.165 e. The molecule has 0 N–H and O–H groups in total. The normalized spacial score (nSPS) is 10.3. The molecule has 2 aromatic carbocycles. The van der Waals surface area contributed by atoms with E-state index in [0.29, 0.717) is 5.56 Å². The van der Waals surface area contributed by atoms with Gasteiger partial charge in [0.25, 0.3) is 0 Å². The number of halogens is 2. The average Bonchev–Trinajstić information content (AvgIpc) is 2.46. The molecule has 5 heteroatoms. The molecule has 0 heterocycles. The topological polar surface area (TPSA) is 35.5 Å². The first kappa shape index (κ1) is 15.5. The summed E-state index contributed by atoms with van der Waals surface area (Å²) in [7, 11) is 1.59. The molecule has 0 bridgehead atoms. The fourth-order valence-corrected chi connectivity index (χ4v) is 2.39. The van der Waals surface area contributed by atoms with E-state index in [1.807, 2.05) is 12.1 Å². The van der Waals surface area contributed by atoms with Crippen molar-refractivity contribution in [3.05, 3.63) is 57.8 Å². The van der Waals surface area contributed by atoms with Gasteiger partial charge >= 0.3 is 0 Å². The molecule has 0 aliphatic carbocycles. The van der Waals surface area contributed by atoms with Crippen molar-refractivity contribution in [2.24, 2.45) is 0 Å². The van der Waals surface area contributed by atoms with Gasteiger partial charge < -0.3 is 9.47 Å². The quantitative estimate of drug-likeness (QED) is 0.749. The summed E-state index contributed by atoms with van der Waals surface area (Å²) in [6.45, 7) is 1.61. The van der Waals surface area contributed by atoms with Crippen molar-refractivity contribution in [3.63, 3.8) is 0 Å². The number of carbonyl (C=O) groups excluding carboxylic acids is 1. The Labute approximate surface area is 130 Å². The summed E-state index contributed by atoms with van der Waals surface area (Å²) in [5.74, 6) is 0.109. The zero-order valence-corrected chi connectivity index (χ0v) is 13.2. The van der Waals surface area contributed by atoms with Crippen molar-refractivity contribution >= 4 is 21.7 Å². The van der Waals surface area contributed by atoms with Crippen molar-refractivity contribution in [3.8, 4) is 11.5 Å². The number of hydrogen-bond acceptors (Lipinski definition) is 3. The number of carbonyl (C=O) groups is 1. The lowest BCUT2D eigenvalue weighted by Gasteiger charge is -2.10. The average molecular weight is 353 g/mol. The Morgan fingerprint density at radius 2 is 1.90 bits per heavy atom. The molecular weight excluding hydrogens is 339 g/mol. The van der Waals surface area contributed by atoms with E-state index in [1.165, 1.54) is 19.1 Å². The molecule has 110 valence electrons. The largest absolute Gasteiger partial charge is 0.496 e. The van der Waals surface area contributed by atoms with Crippen LogP contribution >= 0.6 is 15.9 Å². The highest BCUT2D eigenvalue weighted by atomic mass is 79.9. The van der Waals surface area contributed by atoms with Gasteiger partial charge in [-0.15, -0.1) is 0 Å². The third-order valence-electron chi connectivity index (χ3n) is 2.95. The number of Topliss-reactive ketones (excluding diaryl/α,β-unsaturated/α-hetero) is 1. The van der Waals surface area contributed by atoms with Gasteiger partial charge in [-0.2, -0.15) is 0 Å². The number of ketones is 1. The fraction of sp³-hybridized carbons (Fsp3) is 0.188. The molecule has 0 spiro atoms. The lowest BCUT2D eigenvalue weighted by atomic mass is 10.1. The summed E-state index contributed by atoms with van der Waals surface area (Å²) in [4.78, 5) is 11.2. The highest BCUT2D eigenvalue weighted by molar-refractivity contribution is 9.10. The van der Waals surface area contributed by atoms with Crippen LogP contribution in [0, 0.1) is 5.82 Å². The number of rotatable bonds is 5. The van der Waals surface area contributed by atoms with Gasteiger partial charge in [0.15, 0.2) is 17.3 Å². The Balaban J connectivity index is 2.09. The maximum Gasteiger partial charge on any atom is 0.165 e. The van der Waals surface area contributed by atoms with Gasteiger partial charge in [-0.05, 0) is 58.7 Å². The van der Waals surface area contributed by atoms with Crippen LogP contribution in [0.15, 0.2) is 40.9 Å². The first-order chi connectivity index (χ1) is 10.0. The van der Waals surface area contributed by atoms with Gasteiger partial charge in [-0.25, -0.2) is 4.39 Å². The molecule has 0 aliphatic rings. The summed E-state index contributed by atoms with van der Waals surface area (Å²) >= 11 is 3.38. The van der Waals surface area contributed by atoms with Crippen LogP contribution in [-0.4, -0.2) is 12.9 Å². The Morgan fingerprint density at radius 3 is 2.48 bits per heavy atom. The number of ether oxygens (including phenoxy) is 2. The highest BCUT2D eigenvalue weighted by Gasteiger charge is 2.08. The molecule has 3 nitrogen and oxygen atoms in total. The van der Waals surface area contributed by atoms with Gasteiger partial charge in [-0.3, -0.25) is 4.79 Å². The molecule has 0 saturated heterocycles. The van der Waals surface area contributed by atoms with E-state index in [4.69, 9.17) is 9.47 Å². The Morgan fingerprint density at radius 1 is 1.19 bits per heavy atom. The molecular formula is C16H14BrFO3. The summed E-state index contributed by atoms with van der Waals surface area (Å²) in [6.07, 6.45) is 0. The predicted octanol–water partition coefficient (Wildman–Crippen LogP) is 4.38. The first-order valence-electron chi connectivity index (χ1n) is 6.27. The molecule has 0 saturated carbocycles. The second-order valence-electron chi connectivity index (χ2n) is 4.46. The summed E-state index contributed by atoms with van der Waals surface area (Å²) < 4.78 is 25.2. The molecule has 0 unspecified atom stereocenters. The standard InChI is InChI=1S/C16H14BrFO3/c1-10(19)12-4-6-16(14(18)8-12)21-9-11-3-5-15(20-2)13(17)7-11/h3-8H,9H2,1-2H3. The Kier molecular flexibility index (Phi) is 4.96. The van der Waals surface area contributed by atoms with Crippen molar-refractivity contribution in [2.45, 2.75) is 13.5 Å². The highest BCUT2D eigenvalue weighted by Crippen LogP contribution is 2.26. The number of methoxy groups -OCH3 is 1. The minimum absolute atomic E-state index is 0.118. The van der Waals surface area contributed by atoms with Gasteiger partial charge in [-0.1, -0.05) is 6.07 Å². The van der Waals surface area contributed by atoms with Crippen LogP contribution in [-0.2, 0) is 6.61 Å². The van der Waals surface area contributed by atoms with Gasteiger partial charge in [0, 0.05) is 5.56 Å². The molecule has 2 aromatic rings. The van der Waals surface area contributed by atoms with E-state index in [2.05, 4.69) is 15.9 Å². The van der Waals surface area contributed by atoms with Crippen molar-refractivity contribution in [1.29, 1.82) is 0 Å². The second kappa shape index (κ2) is 6.72. The maximum absolute atomic E-state index is 13.8. The molecule has 0 fully saturated rings. The molecule has 0 aliphatic heterocycles. The molecule has 0 amide bonds. The second-order valence-corrected chi connectivity index (χ2v) is 5.31. The van der Waals surface area contributed by atoms with Crippen molar-refractivity contribution in [2.75, 3.05) is 7.11 Å². The summed E-state index contributed by atoms with van der Waals surface area (Å²) in [6, 6.07) is 9.68. The van der Waals surface area contributed by atoms with Crippen LogP contribution in [0.25, 0.3) is 0 Å². The van der Waals surface area contributed by atoms with Crippen molar-refractivity contribution < 1.29 is 18.7 Å². The third kappa shape index (κ3) is 3.82. The number of benzene rings is 2. The van der Waals surface area contributed by atoms with Gasteiger partial charge in [0.05, 0.1) is 11.6 Å². The monoisotopic (exact) mass is 352 g/mol. The van der Waals surface area contributed by atoms with Crippen LogP contribution in [0.1, 0.15) is 22.8 Å². The molecule has 0 radical (unpaired) electrons. The summed E-state index contributed by atoms with van der Waals surface area (Å²) in [5.41, 5.74) is 1.20. The third-order valence-corrected chi connectivity index (χ3v) is 3.57. The van der Waals surface area contributed by atoms with E-state index in [-0.39, 0.29) is 18.1 Å². The minimum Gasteiger partial charge on any atom is -0.496 e. The van der Waals surface area contributed by atoms with E-state index >= 15 is 0 Å². The lowest BCUT2D eigenvalue weighted by molar-refractivity contribution is 0.101. The van der Waals surface area contributed by atoms with E-state index < -0.39 is 5.82 Å². The molecule has 21 heavy (non-hydrogen) atoms. The van der Waals surface area contributed by atoms with E-state index in [1.54, 1.807) is 19.2 Å². The predicted molar refractivity (Wildman–Crippen MR) is 81.4 cm³/mol. The first-order valence-corrected chi connectivity index (χ1v) is 7.06. The number of hydrogen-bond donors (Lipinski definition) is 0. The zero-order valence-electron chi connectivity index (χ0n) is 11.7. The van der Waals surface area contributed by atoms with Gasteiger partial charge in [0.1, 0.15) is 12.4 Å². The summed E-state index contributed by atoms with van der Waals surface area (Å²) in [5, 5.41) is 0. The van der Waals surface area contributed by atoms with E-state index in [9.17, 15) is 9.18 Å². The SMILES string of the molecule is COc1ccc(COc2ccc(C(C)=O)cc2F)cc1Br. The lowest BCUT2D eigenvalue weighted by Crippen LogP contribution is -2.00. The fourth-order valence-electron chi connectivity index (χ4n) is 1.80. The minimum atomic E-state index is -0.546. The van der Waals surface area contributed by atoms with Crippen LogP contribution in [0.4, 0.5) is 4.39 Å². The van der Waals surface area contributed by atoms with E-state index in [0.717, 1.165) is 15.8 Å². The molecule has 0 atom stereocenters.